The number of amides is 1. The zero-order valence-electron chi connectivity index (χ0n) is 16.6. The van der Waals surface area contributed by atoms with Crippen LogP contribution in [0.4, 0.5) is 0 Å². The van der Waals surface area contributed by atoms with E-state index in [0.717, 1.165) is 5.56 Å². The van der Waals surface area contributed by atoms with Crippen LogP contribution in [0.3, 0.4) is 0 Å². The molecular weight excluding hydrogens is 392 g/mol. The average Bonchev–Trinajstić information content (AvgIpc) is 2.77. The molecule has 1 aliphatic rings. The van der Waals surface area contributed by atoms with Gasteiger partial charge in [0.15, 0.2) is 0 Å². The fourth-order valence-electron chi connectivity index (χ4n) is 3.20. The molecule has 1 aliphatic heterocycles. The Morgan fingerprint density at radius 2 is 1.86 bits per heavy atom. The number of nitrogens with one attached hydrogen (secondary N) is 1. The van der Waals surface area contributed by atoms with E-state index in [1.165, 1.54) is 29.6 Å². The van der Waals surface area contributed by atoms with Crippen molar-refractivity contribution >= 4 is 15.9 Å². The smallest absolute Gasteiger partial charge is 0.255 e. The van der Waals surface area contributed by atoms with Gasteiger partial charge in [0.1, 0.15) is 5.75 Å². The number of methoxy groups -OCH3 is 1. The number of hydrogen-bond donors (Lipinski definition) is 1. The second-order valence-electron chi connectivity index (χ2n) is 6.90. The molecule has 1 heterocycles. The Morgan fingerprint density at radius 3 is 2.52 bits per heavy atom. The molecule has 3 rings (SSSR count). The maximum Gasteiger partial charge on any atom is 0.255 e. The van der Waals surface area contributed by atoms with Crippen molar-refractivity contribution in [3.8, 4) is 5.75 Å². The minimum Gasteiger partial charge on any atom is -0.496 e. The van der Waals surface area contributed by atoms with Crippen LogP contribution in [0.15, 0.2) is 53.4 Å². The molecule has 29 heavy (non-hydrogen) atoms. The quantitative estimate of drug-likeness (QED) is 0.746. The molecule has 0 radical (unpaired) electrons. The van der Waals surface area contributed by atoms with Crippen LogP contribution < -0.4 is 10.1 Å². The molecule has 1 saturated heterocycles. The van der Waals surface area contributed by atoms with Crippen molar-refractivity contribution in [2.24, 2.45) is 0 Å². The number of ether oxygens (including phenoxy) is 2. The zero-order valence-corrected chi connectivity index (χ0v) is 17.4. The Hall–Kier alpha value is -2.42. The second-order valence-corrected chi connectivity index (χ2v) is 8.84. The summed E-state index contributed by atoms with van der Waals surface area (Å²) in [5.41, 5.74) is 1.31. The molecule has 2 aromatic carbocycles. The van der Waals surface area contributed by atoms with Crippen molar-refractivity contribution in [3.63, 3.8) is 0 Å². The first-order chi connectivity index (χ1) is 13.9. The number of nitrogens with zero attached hydrogens (tertiary/aromatic N) is 1. The summed E-state index contributed by atoms with van der Waals surface area (Å²) >= 11 is 0. The van der Waals surface area contributed by atoms with E-state index in [1.807, 2.05) is 37.3 Å². The zero-order chi connectivity index (χ0) is 20.9. The van der Waals surface area contributed by atoms with E-state index < -0.39 is 10.0 Å². The molecule has 0 unspecified atom stereocenters. The predicted molar refractivity (Wildman–Crippen MR) is 110 cm³/mol. The summed E-state index contributed by atoms with van der Waals surface area (Å²) in [7, 11) is -2.25. The van der Waals surface area contributed by atoms with Crippen molar-refractivity contribution in [3.05, 3.63) is 59.7 Å². The molecule has 2 aromatic rings. The largest absolute Gasteiger partial charge is 0.496 e. The molecule has 156 valence electrons. The molecule has 1 amide bonds. The first kappa shape index (κ1) is 21.3. The molecule has 0 spiro atoms. The number of carbonyl (C=O) groups is 1. The average molecular weight is 419 g/mol. The summed E-state index contributed by atoms with van der Waals surface area (Å²) in [5, 5.41) is 2.88. The number of hydrogen-bond acceptors (Lipinski definition) is 5. The van der Waals surface area contributed by atoms with Gasteiger partial charge >= 0.3 is 0 Å². The van der Waals surface area contributed by atoms with Gasteiger partial charge in [0.05, 0.1) is 30.8 Å². The van der Waals surface area contributed by atoms with Crippen LogP contribution >= 0.6 is 0 Å². The normalized spacial score (nSPS) is 16.2. The highest BCUT2D eigenvalue weighted by Crippen LogP contribution is 2.25. The number of sulfonamides is 1. The highest BCUT2D eigenvalue weighted by atomic mass is 32.2. The number of carbonyl (C=O) groups excluding carboxylic acids is 1. The minimum atomic E-state index is -3.70. The maximum absolute atomic E-state index is 12.9. The summed E-state index contributed by atoms with van der Waals surface area (Å²) < 4.78 is 37.7. The second kappa shape index (κ2) is 9.39. The molecular formula is C21H26N2O5S. The lowest BCUT2D eigenvalue weighted by Crippen LogP contribution is -2.40. The fraction of sp³-hybridized carbons (Fsp3) is 0.381. The highest BCUT2D eigenvalue weighted by molar-refractivity contribution is 7.89. The van der Waals surface area contributed by atoms with Crippen molar-refractivity contribution in [1.29, 1.82) is 0 Å². The van der Waals surface area contributed by atoms with E-state index in [4.69, 9.17) is 9.47 Å². The lowest BCUT2D eigenvalue weighted by Gasteiger charge is -2.26. The van der Waals surface area contributed by atoms with Gasteiger partial charge in [0.25, 0.3) is 5.91 Å². The van der Waals surface area contributed by atoms with Crippen molar-refractivity contribution < 1.29 is 22.7 Å². The summed E-state index contributed by atoms with van der Waals surface area (Å²) in [4.78, 5) is 12.9. The molecule has 1 N–H and O–H groups in total. The lowest BCUT2D eigenvalue weighted by molar-refractivity contribution is 0.0730. The van der Waals surface area contributed by atoms with Crippen LogP contribution in [0.2, 0.25) is 0 Å². The number of benzene rings is 2. The standard InChI is InChI=1S/C21H26N2O5S/c1-16(17-6-4-3-5-7-17)15-22-21(24)19-14-18(8-9-20(19)27-2)29(25,26)23-10-12-28-13-11-23/h3-9,14,16H,10-13,15H2,1-2H3,(H,22,24)/t16-/m1/s1. The number of morpholine rings is 1. The Morgan fingerprint density at radius 1 is 1.17 bits per heavy atom. The molecule has 0 bridgehead atoms. The third-order valence-electron chi connectivity index (χ3n) is 4.96. The molecule has 0 saturated carbocycles. The summed E-state index contributed by atoms with van der Waals surface area (Å²) in [6, 6.07) is 14.2. The van der Waals surface area contributed by atoms with Gasteiger partial charge in [-0.2, -0.15) is 4.31 Å². The van der Waals surface area contributed by atoms with Gasteiger partial charge in [-0.05, 0) is 29.7 Å². The van der Waals surface area contributed by atoms with E-state index in [-0.39, 0.29) is 22.3 Å². The summed E-state index contributed by atoms with van der Waals surface area (Å²) in [6.45, 7) is 3.76. The van der Waals surface area contributed by atoms with Gasteiger partial charge in [-0.15, -0.1) is 0 Å². The van der Waals surface area contributed by atoms with Crippen LogP contribution in [0.1, 0.15) is 28.8 Å². The van der Waals surface area contributed by atoms with Gasteiger partial charge in [-0.3, -0.25) is 4.79 Å². The third kappa shape index (κ3) is 4.95. The molecule has 1 atom stereocenters. The Kier molecular flexibility index (Phi) is 6.89. The van der Waals surface area contributed by atoms with Crippen LogP contribution in [0, 0.1) is 0 Å². The van der Waals surface area contributed by atoms with E-state index in [9.17, 15) is 13.2 Å². The lowest BCUT2D eigenvalue weighted by atomic mass is 10.0. The van der Waals surface area contributed by atoms with Crippen molar-refractivity contribution in [2.45, 2.75) is 17.7 Å². The van der Waals surface area contributed by atoms with Crippen LogP contribution in [-0.4, -0.2) is 58.6 Å². The van der Waals surface area contributed by atoms with Crippen molar-refractivity contribution in [1.82, 2.24) is 9.62 Å². The fourth-order valence-corrected chi connectivity index (χ4v) is 4.64. The molecule has 8 heteroatoms. The summed E-state index contributed by atoms with van der Waals surface area (Å²) in [5.74, 6) is 0.0749. The summed E-state index contributed by atoms with van der Waals surface area (Å²) in [6.07, 6.45) is 0. The van der Waals surface area contributed by atoms with E-state index in [0.29, 0.717) is 38.6 Å². The van der Waals surface area contributed by atoms with Crippen LogP contribution in [-0.2, 0) is 14.8 Å². The Balaban J connectivity index is 1.78. The van der Waals surface area contributed by atoms with Gasteiger partial charge < -0.3 is 14.8 Å². The minimum absolute atomic E-state index is 0.0708. The van der Waals surface area contributed by atoms with Crippen LogP contribution in [0.5, 0.6) is 5.75 Å². The monoisotopic (exact) mass is 418 g/mol. The highest BCUT2D eigenvalue weighted by Gasteiger charge is 2.28. The SMILES string of the molecule is COc1ccc(S(=O)(=O)N2CCOCC2)cc1C(=O)NC[C@@H](C)c1ccccc1. The van der Waals surface area contributed by atoms with Crippen LogP contribution in [0.25, 0.3) is 0 Å². The Bertz CT molecular complexity index is 941. The van der Waals surface area contributed by atoms with Gasteiger partial charge in [0.2, 0.25) is 10.0 Å². The van der Waals surface area contributed by atoms with Gasteiger partial charge in [-0.1, -0.05) is 37.3 Å². The Labute approximate surface area is 171 Å². The first-order valence-corrected chi connectivity index (χ1v) is 11.0. The topological polar surface area (TPSA) is 84.9 Å². The predicted octanol–water partition coefficient (Wildman–Crippen LogP) is 2.25. The van der Waals surface area contributed by atoms with Gasteiger partial charge in [-0.25, -0.2) is 8.42 Å². The van der Waals surface area contributed by atoms with E-state index in [2.05, 4.69) is 5.32 Å². The van der Waals surface area contributed by atoms with E-state index in [1.54, 1.807) is 0 Å². The molecule has 1 fully saturated rings. The first-order valence-electron chi connectivity index (χ1n) is 9.52. The van der Waals surface area contributed by atoms with Gasteiger partial charge in [0, 0.05) is 19.6 Å². The molecule has 0 aliphatic carbocycles. The third-order valence-corrected chi connectivity index (χ3v) is 6.86. The molecule has 7 nitrogen and oxygen atoms in total. The van der Waals surface area contributed by atoms with Crippen molar-refractivity contribution in [2.75, 3.05) is 40.0 Å². The van der Waals surface area contributed by atoms with E-state index >= 15 is 0 Å². The maximum atomic E-state index is 12.9. The number of rotatable bonds is 7. The molecule has 0 aromatic heterocycles.